The lowest BCUT2D eigenvalue weighted by molar-refractivity contribution is -0.144. The Bertz CT molecular complexity index is 3780. The summed E-state index contributed by atoms with van der Waals surface area (Å²) in [6.07, 6.45) is 91.0. The quantitative estimate of drug-likeness (QED) is 0.0217. The van der Waals surface area contributed by atoms with Crippen molar-refractivity contribution in [3.8, 4) is 0 Å². The van der Waals surface area contributed by atoms with Crippen LogP contribution in [-0.2, 0) is 9.59 Å². The third kappa shape index (κ3) is 46.7. The molecule has 0 aliphatic heterocycles. The molecule has 0 spiro atoms. The van der Waals surface area contributed by atoms with Gasteiger partial charge in [0.2, 0.25) is 22.3 Å². The maximum Gasteiger partial charge on any atom is 0.307 e. The van der Waals surface area contributed by atoms with Crippen LogP contribution in [0.2, 0.25) is 0 Å². The minimum atomic E-state index is -0.864. The van der Waals surface area contributed by atoms with Gasteiger partial charge in [0, 0.05) is 113 Å². The van der Waals surface area contributed by atoms with E-state index >= 15 is 9.59 Å². The van der Waals surface area contributed by atoms with E-state index < -0.39 is 35.6 Å². The first-order valence-corrected chi connectivity index (χ1v) is 60.5. The molecule has 6 unspecified atom stereocenters. The van der Waals surface area contributed by atoms with Gasteiger partial charge in [0.1, 0.15) is 21.5 Å². The summed E-state index contributed by atoms with van der Waals surface area (Å²) < 4.78 is 15.0. The zero-order chi connectivity index (χ0) is 98.2. The first kappa shape index (κ1) is 120. The second kappa shape index (κ2) is 77.9. The molecule has 2 aromatic heterocycles. The Labute approximate surface area is 845 Å². The molecular weight excluding hydrogens is 1680 g/mol. The predicted octanol–water partition coefficient (Wildman–Crippen LogP) is 41.5. The number of carboxylic acid groups (broad SMARTS) is 2. The van der Waals surface area contributed by atoms with Crippen molar-refractivity contribution in [3.63, 3.8) is 0 Å². The number of rotatable bonds is 94. The van der Waals surface area contributed by atoms with E-state index in [-0.39, 0.29) is 11.8 Å². The number of anilines is 4. The normalized spacial score (nSPS) is 13.2. The first-order valence-electron chi connectivity index (χ1n) is 60.5. The van der Waals surface area contributed by atoms with Gasteiger partial charge in [0.15, 0.2) is 0 Å². The summed E-state index contributed by atoms with van der Waals surface area (Å²) in [6.45, 7) is 35.0. The average molecular weight is 1900 g/mol. The number of fused-ring (bicyclic) bond motifs is 4. The van der Waals surface area contributed by atoms with Gasteiger partial charge in [-0.1, -0.05) is 475 Å². The molecule has 6 aromatic rings. The average Bonchev–Trinajstić information content (AvgIpc) is 0.740. The van der Waals surface area contributed by atoms with Crippen LogP contribution >= 0.6 is 0 Å². The molecule has 0 amide bonds. The molecule has 6 rings (SSSR count). The summed E-state index contributed by atoms with van der Waals surface area (Å²) in [6, 6.07) is 27.8. The van der Waals surface area contributed by atoms with Crippen LogP contribution in [0.4, 0.5) is 22.7 Å². The molecule has 0 saturated heterocycles. The summed E-state index contributed by atoms with van der Waals surface area (Å²) in [4.78, 5) is 41.5. The number of nitrogens with zero attached hydrogens (tertiary/aromatic N) is 4. The molecule has 0 aliphatic rings. The number of hydrogen-bond acceptors (Lipinski definition) is 8. The number of unbranched alkanes of at least 4 members (excludes halogenated alkanes) is 58. The van der Waals surface area contributed by atoms with Crippen molar-refractivity contribution in [1.29, 1.82) is 0 Å². The third-order valence-electron chi connectivity index (χ3n) is 31.7. The van der Waals surface area contributed by atoms with Crippen molar-refractivity contribution in [2.75, 3.05) is 72.0 Å². The molecule has 6 atom stereocenters. The van der Waals surface area contributed by atoms with Crippen molar-refractivity contribution < 1.29 is 28.6 Å². The largest absolute Gasteiger partial charge is 0.481 e. The first-order chi connectivity index (χ1) is 67.3. The minimum Gasteiger partial charge on any atom is -0.481 e. The molecule has 137 heavy (non-hydrogen) atoms. The van der Waals surface area contributed by atoms with Gasteiger partial charge in [-0.25, -0.2) is 0 Å². The fourth-order valence-corrected chi connectivity index (χ4v) is 22.9. The summed E-state index contributed by atoms with van der Waals surface area (Å²) in [7, 11) is 0. The Hall–Kier alpha value is -5.64. The summed E-state index contributed by atoms with van der Waals surface area (Å²) in [5.74, 6) is -4.54. The number of benzene rings is 4. The van der Waals surface area contributed by atoms with Gasteiger partial charge in [-0.3, -0.25) is 9.59 Å². The fourth-order valence-electron chi connectivity index (χ4n) is 22.9. The van der Waals surface area contributed by atoms with Crippen LogP contribution in [0, 0.1) is 23.7 Å². The molecule has 2 N–H and O–H groups in total. The van der Waals surface area contributed by atoms with Gasteiger partial charge in [-0.15, -0.1) is 0 Å². The molecule has 10 heteroatoms. The Balaban J connectivity index is 1.40. The lowest BCUT2D eigenvalue weighted by Gasteiger charge is -2.37. The lowest BCUT2D eigenvalue weighted by atomic mass is 9.64. The lowest BCUT2D eigenvalue weighted by Crippen LogP contribution is -2.34. The van der Waals surface area contributed by atoms with E-state index in [1.54, 1.807) is 0 Å². The van der Waals surface area contributed by atoms with Gasteiger partial charge in [-0.05, 0) is 113 Å². The summed E-state index contributed by atoms with van der Waals surface area (Å²) in [5, 5.41) is 29.5. The van der Waals surface area contributed by atoms with E-state index in [1.807, 2.05) is 0 Å². The third-order valence-corrected chi connectivity index (χ3v) is 31.7. The van der Waals surface area contributed by atoms with Gasteiger partial charge < -0.3 is 38.6 Å². The summed E-state index contributed by atoms with van der Waals surface area (Å²) >= 11 is 0. The van der Waals surface area contributed by atoms with Gasteiger partial charge in [0.25, 0.3) is 0 Å². The van der Waals surface area contributed by atoms with Crippen molar-refractivity contribution in [2.24, 2.45) is 23.7 Å². The number of carboxylic acids is 2. The predicted molar refractivity (Wildman–Crippen MR) is 605 cm³/mol. The zero-order valence-corrected chi connectivity index (χ0v) is 92.0. The fraction of sp³-hybridized carbons (Fsp3) is 0.780. The maximum absolute atomic E-state index is 16.1. The number of carbonyl (C=O) groups is 2. The second-order valence-electron chi connectivity index (χ2n) is 43.3. The van der Waals surface area contributed by atoms with E-state index in [0.29, 0.717) is 12.8 Å². The van der Waals surface area contributed by atoms with E-state index in [1.165, 1.54) is 302 Å². The highest BCUT2D eigenvalue weighted by molar-refractivity contribution is 6.00. The van der Waals surface area contributed by atoms with E-state index in [0.717, 1.165) is 284 Å². The van der Waals surface area contributed by atoms with Gasteiger partial charge in [0.05, 0.1) is 45.7 Å². The van der Waals surface area contributed by atoms with Gasteiger partial charge in [-0.2, -0.15) is 0 Å². The monoisotopic (exact) mass is 1900 g/mol. The minimum absolute atomic E-state index is 0.00919. The Kier molecular flexibility index (Phi) is 68.2. The van der Waals surface area contributed by atoms with Crippen LogP contribution in [0.3, 0.4) is 0 Å². The molecule has 0 fully saturated rings. The van der Waals surface area contributed by atoms with E-state index in [2.05, 4.69) is 175 Å². The Morgan fingerprint density at radius 2 is 0.416 bits per heavy atom. The maximum atomic E-state index is 16.1. The van der Waals surface area contributed by atoms with Crippen LogP contribution < -0.4 is 19.6 Å². The zero-order valence-electron chi connectivity index (χ0n) is 92.0. The van der Waals surface area contributed by atoms with E-state index in [4.69, 9.17) is 8.83 Å². The highest BCUT2D eigenvalue weighted by Gasteiger charge is 2.47. The number of hydrogen-bond donors (Lipinski definition) is 2. The van der Waals surface area contributed by atoms with Crippen LogP contribution in [-0.4, -0.2) is 74.5 Å². The van der Waals surface area contributed by atoms with Crippen molar-refractivity contribution in [2.45, 2.75) is 564 Å². The highest BCUT2D eigenvalue weighted by atomic mass is 16.4. The topological polar surface area (TPSA) is 114 Å². The van der Waals surface area contributed by atoms with Crippen LogP contribution in [0.5, 0.6) is 0 Å². The van der Waals surface area contributed by atoms with Crippen LogP contribution in [0.25, 0.3) is 43.9 Å². The Morgan fingerprint density at radius 1 is 0.234 bits per heavy atom. The highest BCUT2D eigenvalue weighted by Crippen LogP contribution is 2.53. The van der Waals surface area contributed by atoms with Crippen molar-refractivity contribution >= 4 is 78.6 Å². The second-order valence-corrected chi connectivity index (χ2v) is 43.3. The smallest absolute Gasteiger partial charge is 0.307 e. The standard InChI is InChI=1S/C127H216N4O6/c1-13-25-35-37-39-41-43-45-47-49-51-53-55-57-59-61-63-65-67-69-71-73-75-77-79-81-83-106(23-11)122(124-113-89-85-108(128(93-27-15-3)94-28-16-4)102-118(113)136-119-103-109(86-90-114(119)124)129(95-29-17-5)96-30-18-6)117(127(134)135)101-107(84-82-80-78-76-74-72-70-68-66-64-62-60-58-56-54-52-50-48-46-44-42-40-38-36-26-14-2)123(112(24-12)126(132)133)125-115-91-87-110(130(97-31-19-7)98-32-20-8)104-120(115)137-121-105-111(88-92-116(121)125)131(99-33-21-9)100-34-22-10/h85-92,102-107,112,117,122-123H,13-84,93-101H2,1-12H3/p+2. The molecule has 10 nitrogen and oxygen atoms in total. The molecule has 0 radical (unpaired) electrons. The van der Waals surface area contributed by atoms with E-state index in [9.17, 15) is 10.2 Å². The molecule has 780 valence electrons. The van der Waals surface area contributed by atoms with Gasteiger partial charge >= 0.3 is 11.9 Å². The molecule has 2 heterocycles. The van der Waals surface area contributed by atoms with Crippen molar-refractivity contribution in [3.05, 3.63) is 83.9 Å². The summed E-state index contributed by atoms with van der Waals surface area (Å²) in [5.41, 5.74) is 9.95. The molecular formula is C127H218N4O6+2. The number of aliphatic carboxylic acids is 2. The van der Waals surface area contributed by atoms with Crippen LogP contribution in [0.1, 0.15) is 575 Å². The SMILES string of the molecule is CCCCCCCCCCCCCCCCCCCCCCCCCCCCC(CC(C(=O)O)C([c+]1c2ccc(N(CCCC)CCCC)cc2oc2cc(N(CCCC)CCCC)ccc21)C(CC)CCCCCCCCCCCCCCCCCCCCCCCCCCCC)C([c+]1c2ccc(N(CCCC)CCCC)cc2oc2cc(N(CCCC)CCCC)ccc21)C(CC)C(=O)O. The Morgan fingerprint density at radius 3 is 0.599 bits per heavy atom. The van der Waals surface area contributed by atoms with Crippen molar-refractivity contribution in [1.82, 2.24) is 0 Å². The molecule has 0 bridgehead atoms. The molecule has 0 aliphatic carbocycles. The molecule has 4 aromatic carbocycles. The van der Waals surface area contributed by atoms with Crippen LogP contribution in [0.15, 0.2) is 81.6 Å². The molecule has 0 saturated carbocycles.